The first-order chi connectivity index (χ1) is 10.5. The van der Waals surface area contributed by atoms with E-state index in [2.05, 4.69) is 10.3 Å². The van der Waals surface area contributed by atoms with Crippen LogP contribution in [0.3, 0.4) is 0 Å². The molecule has 4 nitrogen and oxygen atoms in total. The van der Waals surface area contributed by atoms with Crippen LogP contribution in [0.1, 0.15) is 5.56 Å². The molecule has 0 saturated carbocycles. The van der Waals surface area contributed by atoms with Crippen LogP contribution in [0, 0.1) is 11.6 Å². The molecule has 1 aromatic carbocycles. The Morgan fingerprint density at radius 1 is 1.27 bits per heavy atom. The molecule has 0 atom stereocenters. The molecule has 0 aliphatic carbocycles. The van der Waals surface area contributed by atoms with Crippen molar-refractivity contribution >= 4 is 28.8 Å². The number of rotatable bonds is 3. The van der Waals surface area contributed by atoms with Gasteiger partial charge < -0.3 is 5.32 Å². The largest absolute Gasteiger partial charge is 0.324 e. The Morgan fingerprint density at radius 2 is 2.09 bits per heavy atom. The molecular formula is C15H10ClF2N3O. The lowest BCUT2D eigenvalue weighted by Crippen LogP contribution is -2.15. The number of halogens is 3. The average molecular weight is 322 g/mol. The van der Waals surface area contributed by atoms with Crippen molar-refractivity contribution in [2.24, 2.45) is 0 Å². The minimum Gasteiger partial charge on any atom is -0.324 e. The minimum absolute atomic E-state index is 0.000702. The van der Waals surface area contributed by atoms with Crippen LogP contribution in [0.25, 0.3) is 5.65 Å². The summed E-state index contributed by atoms with van der Waals surface area (Å²) in [7, 11) is 0. The van der Waals surface area contributed by atoms with E-state index in [4.69, 9.17) is 11.6 Å². The highest BCUT2D eigenvalue weighted by atomic mass is 35.5. The SMILES string of the molecule is O=C(Cc1cc(F)ccc1F)Nc1ccc2ncc(Cl)n2c1. The minimum atomic E-state index is -0.621. The van der Waals surface area contributed by atoms with Crippen molar-refractivity contribution in [2.75, 3.05) is 5.32 Å². The van der Waals surface area contributed by atoms with Crippen molar-refractivity contribution in [1.82, 2.24) is 9.38 Å². The number of fused-ring (bicyclic) bond motifs is 1. The van der Waals surface area contributed by atoms with Gasteiger partial charge in [-0.25, -0.2) is 13.8 Å². The Bertz CT molecular complexity index is 863. The zero-order valence-electron chi connectivity index (χ0n) is 11.2. The molecule has 0 fully saturated rings. The normalized spacial score (nSPS) is 10.9. The molecule has 0 aliphatic heterocycles. The first-order valence-corrected chi connectivity index (χ1v) is 6.77. The van der Waals surface area contributed by atoms with Crippen LogP contribution in [-0.4, -0.2) is 15.3 Å². The summed E-state index contributed by atoms with van der Waals surface area (Å²) in [6.45, 7) is 0. The summed E-state index contributed by atoms with van der Waals surface area (Å²) in [5.41, 5.74) is 1.12. The van der Waals surface area contributed by atoms with E-state index in [0.29, 0.717) is 16.5 Å². The van der Waals surface area contributed by atoms with Gasteiger partial charge in [0.15, 0.2) is 0 Å². The van der Waals surface area contributed by atoms with Gasteiger partial charge in [-0.1, -0.05) is 11.6 Å². The summed E-state index contributed by atoms with van der Waals surface area (Å²) in [5.74, 6) is -1.67. The standard InChI is InChI=1S/C15H10ClF2N3O/c16-13-7-19-14-4-2-11(8-21(13)14)20-15(22)6-9-5-10(17)1-3-12(9)18/h1-5,7-8H,6H2,(H,20,22). The van der Waals surface area contributed by atoms with Crippen molar-refractivity contribution in [2.45, 2.75) is 6.42 Å². The van der Waals surface area contributed by atoms with Gasteiger partial charge >= 0.3 is 0 Å². The number of hydrogen-bond acceptors (Lipinski definition) is 2. The molecule has 1 N–H and O–H groups in total. The Labute approximate surface area is 129 Å². The van der Waals surface area contributed by atoms with Gasteiger partial charge in [-0.2, -0.15) is 0 Å². The van der Waals surface area contributed by atoms with E-state index in [1.54, 1.807) is 22.7 Å². The monoisotopic (exact) mass is 321 g/mol. The summed E-state index contributed by atoms with van der Waals surface area (Å²) in [6, 6.07) is 6.34. The summed E-state index contributed by atoms with van der Waals surface area (Å²) in [4.78, 5) is 16.0. The molecule has 3 aromatic rings. The van der Waals surface area contributed by atoms with Gasteiger partial charge in [-0.15, -0.1) is 0 Å². The van der Waals surface area contributed by atoms with Crippen LogP contribution < -0.4 is 5.32 Å². The van der Waals surface area contributed by atoms with Crippen molar-refractivity contribution in [3.8, 4) is 0 Å². The van der Waals surface area contributed by atoms with E-state index in [1.807, 2.05) is 0 Å². The predicted octanol–water partition coefficient (Wildman–Crippen LogP) is 3.45. The Kier molecular flexibility index (Phi) is 3.77. The summed E-state index contributed by atoms with van der Waals surface area (Å²) in [5, 5.41) is 3.02. The highest BCUT2D eigenvalue weighted by Crippen LogP contribution is 2.17. The van der Waals surface area contributed by atoms with Gasteiger partial charge in [0.05, 0.1) is 18.3 Å². The van der Waals surface area contributed by atoms with Crippen LogP contribution in [-0.2, 0) is 11.2 Å². The molecule has 2 heterocycles. The van der Waals surface area contributed by atoms with Crippen molar-refractivity contribution in [3.63, 3.8) is 0 Å². The van der Waals surface area contributed by atoms with Crippen LogP contribution in [0.15, 0.2) is 42.7 Å². The fourth-order valence-electron chi connectivity index (χ4n) is 2.08. The Morgan fingerprint density at radius 3 is 2.91 bits per heavy atom. The molecular weight excluding hydrogens is 312 g/mol. The number of anilines is 1. The molecule has 3 rings (SSSR count). The van der Waals surface area contributed by atoms with E-state index in [9.17, 15) is 13.6 Å². The van der Waals surface area contributed by atoms with Crippen LogP contribution in [0.5, 0.6) is 0 Å². The lowest BCUT2D eigenvalue weighted by Gasteiger charge is -2.07. The Balaban J connectivity index is 1.77. The number of hydrogen-bond donors (Lipinski definition) is 1. The second-order valence-corrected chi connectivity index (χ2v) is 5.07. The lowest BCUT2D eigenvalue weighted by molar-refractivity contribution is -0.115. The summed E-state index contributed by atoms with van der Waals surface area (Å²) in [6.07, 6.45) is 2.83. The van der Waals surface area contributed by atoms with Crippen LogP contribution in [0.2, 0.25) is 5.15 Å². The molecule has 2 aromatic heterocycles. The molecule has 112 valence electrons. The van der Waals surface area contributed by atoms with E-state index in [0.717, 1.165) is 18.2 Å². The maximum atomic E-state index is 13.5. The highest BCUT2D eigenvalue weighted by Gasteiger charge is 2.10. The number of nitrogens with one attached hydrogen (secondary N) is 1. The van der Waals surface area contributed by atoms with Crippen molar-refractivity contribution < 1.29 is 13.6 Å². The molecule has 0 radical (unpaired) electrons. The molecule has 0 unspecified atom stereocenters. The number of aromatic nitrogens is 2. The van der Waals surface area contributed by atoms with E-state index >= 15 is 0 Å². The van der Waals surface area contributed by atoms with Crippen LogP contribution >= 0.6 is 11.6 Å². The van der Waals surface area contributed by atoms with Gasteiger partial charge in [0.1, 0.15) is 22.4 Å². The number of amides is 1. The zero-order valence-corrected chi connectivity index (χ0v) is 11.9. The highest BCUT2D eigenvalue weighted by molar-refractivity contribution is 6.29. The van der Waals surface area contributed by atoms with Gasteiger partial charge in [-0.3, -0.25) is 9.20 Å². The molecule has 7 heteroatoms. The van der Waals surface area contributed by atoms with Gasteiger partial charge in [-0.05, 0) is 30.3 Å². The van der Waals surface area contributed by atoms with E-state index < -0.39 is 17.5 Å². The lowest BCUT2D eigenvalue weighted by atomic mass is 10.1. The zero-order chi connectivity index (χ0) is 15.7. The topological polar surface area (TPSA) is 46.4 Å². The number of carbonyl (C=O) groups excluding carboxylic acids is 1. The Hall–Kier alpha value is -2.47. The maximum Gasteiger partial charge on any atom is 0.228 e. The number of carbonyl (C=O) groups is 1. The van der Waals surface area contributed by atoms with Crippen LogP contribution in [0.4, 0.5) is 14.5 Å². The molecule has 0 spiro atoms. The predicted molar refractivity (Wildman–Crippen MR) is 78.9 cm³/mol. The second kappa shape index (κ2) is 5.73. The third-order valence-corrected chi connectivity index (χ3v) is 3.38. The average Bonchev–Trinajstić information content (AvgIpc) is 2.84. The molecule has 1 amide bonds. The molecule has 22 heavy (non-hydrogen) atoms. The first-order valence-electron chi connectivity index (χ1n) is 6.39. The third kappa shape index (κ3) is 2.92. The number of nitrogens with zero attached hydrogens (tertiary/aromatic N) is 2. The second-order valence-electron chi connectivity index (χ2n) is 4.69. The van der Waals surface area contributed by atoms with E-state index in [1.165, 1.54) is 6.20 Å². The van der Waals surface area contributed by atoms with Crippen molar-refractivity contribution in [1.29, 1.82) is 0 Å². The quantitative estimate of drug-likeness (QED) is 0.803. The first kappa shape index (κ1) is 14.5. The molecule has 0 aliphatic rings. The molecule has 0 saturated heterocycles. The van der Waals surface area contributed by atoms with Gasteiger partial charge in [0.25, 0.3) is 0 Å². The fraction of sp³-hybridized carbons (Fsp3) is 0.0667. The number of pyridine rings is 1. The fourth-order valence-corrected chi connectivity index (χ4v) is 2.27. The van der Waals surface area contributed by atoms with E-state index in [-0.39, 0.29) is 12.0 Å². The molecule has 0 bridgehead atoms. The number of benzene rings is 1. The third-order valence-electron chi connectivity index (χ3n) is 3.10. The smallest absolute Gasteiger partial charge is 0.228 e. The van der Waals surface area contributed by atoms with Crippen molar-refractivity contribution in [3.05, 3.63) is 65.1 Å². The maximum absolute atomic E-state index is 13.5. The summed E-state index contributed by atoms with van der Waals surface area (Å²) < 4.78 is 28.2. The number of imidazole rings is 1. The van der Waals surface area contributed by atoms with Gasteiger partial charge in [0, 0.05) is 11.8 Å². The summed E-state index contributed by atoms with van der Waals surface area (Å²) >= 11 is 5.95. The van der Waals surface area contributed by atoms with Gasteiger partial charge in [0.2, 0.25) is 5.91 Å².